The number of nitrogens with two attached hydrogens (primary N) is 1. The highest BCUT2D eigenvalue weighted by Crippen LogP contribution is 2.20. The number of hydrogen-bond acceptors (Lipinski definition) is 4. The molecule has 1 saturated heterocycles. The molecule has 0 spiro atoms. The van der Waals surface area contributed by atoms with Gasteiger partial charge in [-0.05, 0) is 19.1 Å². The zero-order valence-electron chi connectivity index (χ0n) is 11.7. The summed E-state index contributed by atoms with van der Waals surface area (Å²) in [5.41, 5.74) is 5.61. The van der Waals surface area contributed by atoms with Gasteiger partial charge in [-0.25, -0.2) is 12.8 Å². The second-order valence-corrected chi connectivity index (χ2v) is 7.33. The molecule has 0 bridgehead atoms. The fourth-order valence-electron chi connectivity index (χ4n) is 2.30. The van der Waals surface area contributed by atoms with Crippen LogP contribution in [0.1, 0.15) is 6.92 Å². The van der Waals surface area contributed by atoms with E-state index >= 15 is 0 Å². The lowest BCUT2D eigenvalue weighted by Crippen LogP contribution is -2.53. The number of sulfonamides is 1. The van der Waals surface area contributed by atoms with Gasteiger partial charge in [0.2, 0.25) is 10.0 Å². The third kappa shape index (κ3) is 3.39. The van der Waals surface area contributed by atoms with Crippen LogP contribution in [0.3, 0.4) is 0 Å². The molecule has 1 aliphatic rings. The van der Waals surface area contributed by atoms with Gasteiger partial charge in [0.05, 0.1) is 11.0 Å². The first-order chi connectivity index (χ1) is 9.84. The van der Waals surface area contributed by atoms with Crippen LogP contribution in [0.15, 0.2) is 29.2 Å². The Balaban J connectivity index is 2.12. The molecule has 1 aromatic carbocycles. The Morgan fingerprint density at radius 1 is 1.29 bits per heavy atom. The van der Waals surface area contributed by atoms with Crippen molar-refractivity contribution in [3.8, 4) is 0 Å². The van der Waals surface area contributed by atoms with Gasteiger partial charge in [0, 0.05) is 26.2 Å². The predicted molar refractivity (Wildman–Crippen MR) is 83.0 cm³/mol. The van der Waals surface area contributed by atoms with E-state index in [0.717, 1.165) is 6.07 Å². The van der Waals surface area contributed by atoms with Crippen LogP contribution in [0.25, 0.3) is 0 Å². The lowest BCUT2D eigenvalue weighted by molar-refractivity contribution is 0.174. The van der Waals surface area contributed by atoms with Gasteiger partial charge in [-0.15, -0.1) is 0 Å². The number of rotatable bonds is 4. The van der Waals surface area contributed by atoms with Crippen molar-refractivity contribution in [1.82, 2.24) is 9.21 Å². The van der Waals surface area contributed by atoms with E-state index in [4.69, 9.17) is 18.0 Å². The van der Waals surface area contributed by atoms with E-state index in [2.05, 4.69) is 0 Å². The van der Waals surface area contributed by atoms with Crippen LogP contribution in [-0.2, 0) is 10.0 Å². The molecule has 1 aromatic rings. The van der Waals surface area contributed by atoms with E-state index in [9.17, 15) is 12.8 Å². The van der Waals surface area contributed by atoms with Crippen LogP contribution in [-0.4, -0.2) is 54.8 Å². The highest BCUT2D eigenvalue weighted by molar-refractivity contribution is 7.89. The molecule has 0 amide bonds. The lowest BCUT2D eigenvalue weighted by Gasteiger charge is -2.36. The Hall–Kier alpha value is -1.09. The van der Waals surface area contributed by atoms with Gasteiger partial charge in [-0.1, -0.05) is 24.4 Å². The average Bonchev–Trinajstić information content (AvgIpc) is 2.46. The predicted octanol–water partition coefficient (Wildman–Crippen LogP) is 0.807. The van der Waals surface area contributed by atoms with Gasteiger partial charge in [-0.3, -0.25) is 4.90 Å². The van der Waals surface area contributed by atoms with E-state index < -0.39 is 15.8 Å². The number of halogens is 1. The maximum Gasteiger partial charge on any atom is 0.246 e. The van der Waals surface area contributed by atoms with Crippen LogP contribution in [0.5, 0.6) is 0 Å². The van der Waals surface area contributed by atoms with Crippen molar-refractivity contribution < 1.29 is 12.8 Å². The zero-order chi connectivity index (χ0) is 15.6. The Bertz CT molecular complexity index is 628. The summed E-state index contributed by atoms with van der Waals surface area (Å²) in [6, 6.07) is 5.35. The van der Waals surface area contributed by atoms with Gasteiger partial charge in [0.1, 0.15) is 10.7 Å². The number of nitrogens with zero attached hydrogens (tertiary/aromatic N) is 2. The highest BCUT2D eigenvalue weighted by Gasteiger charge is 2.31. The van der Waals surface area contributed by atoms with Crippen LogP contribution in [0.2, 0.25) is 0 Å². The molecule has 0 radical (unpaired) electrons. The standard InChI is InChI=1S/C13H18FN3O2S2/c1-10(13(15)20)16-6-8-17(9-7-16)21(18,19)12-5-3-2-4-11(12)14/h2-5,10H,6-9H2,1H3,(H2,15,20). The topological polar surface area (TPSA) is 66.6 Å². The molecule has 1 fully saturated rings. The second-order valence-electron chi connectivity index (χ2n) is 4.95. The van der Waals surface area contributed by atoms with Crippen molar-refractivity contribution in [3.63, 3.8) is 0 Å². The zero-order valence-corrected chi connectivity index (χ0v) is 13.3. The number of thiocarbonyl (C=S) groups is 1. The minimum Gasteiger partial charge on any atom is -0.392 e. The summed E-state index contributed by atoms with van der Waals surface area (Å²) in [7, 11) is -3.79. The smallest absolute Gasteiger partial charge is 0.246 e. The van der Waals surface area contributed by atoms with Gasteiger partial charge >= 0.3 is 0 Å². The monoisotopic (exact) mass is 331 g/mol. The van der Waals surface area contributed by atoms with Crippen LogP contribution in [0.4, 0.5) is 4.39 Å². The van der Waals surface area contributed by atoms with Crippen molar-refractivity contribution in [2.24, 2.45) is 5.73 Å². The fraction of sp³-hybridized carbons (Fsp3) is 0.462. The molecule has 5 nitrogen and oxygen atoms in total. The average molecular weight is 331 g/mol. The normalized spacial score (nSPS) is 19.3. The summed E-state index contributed by atoms with van der Waals surface area (Å²) in [5.74, 6) is -0.726. The van der Waals surface area contributed by atoms with Gasteiger partial charge in [0.25, 0.3) is 0 Å². The van der Waals surface area contributed by atoms with Crippen molar-refractivity contribution >= 4 is 27.2 Å². The molecule has 8 heteroatoms. The van der Waals surface area contributed by atoms with Crippen molar-refractivity contribution in [2.45, 2.75) is 17.9 Å². The molecule has 2 N–H and O–H groups in total. The molecule has 0 saturated carbocycles. The Kier molecular flexibility index (Phi) is 4.92. The largest absolute Gasteiger partial charge is 0.392 e. The third-order valence-corrected chi connectivity index (χ3v) is 5.96. The van der Waals surface area contributed by atoms with E-state index in [0.29, 0.717) is 31.2 Å². The summed E-state index contributed by atoms with van der Waals surface area (Å²) in [6.45, 7) is 3.52. The summed E-state index contributed by atoms with van der Waals surface area (Å²) < 4.78 is 39.9. The second kappa shape index (κ2) is 6.35. The van der Waals surface area contributed by atoms with E-state index in [1.807, 2.05) is 11.8 Å². The highest BCUT2D eigenvalue weighted by atomic mass is 32.2. The molecular formula is C13H18FN3O2S2. The van der Waals surface area contributed by atoms with Crippen molar-refractivity contribution in [3.05, 3.63) is 30.1 Å². The van der Waals surface area contributed by atoms with Gasteiger partial charge < -0.3 is 5.73 Å². The Morgan fingerprint density at radius 3 is 2.38 bits per heavy atom. The van der Waals surface area contributed by atoms with Crippen molar-refractivity contribution in [1.29, 1.82) is 0 Å². The molecule has 1 unspecified atom stereocenters. The summed E-state index contributed by atoms with van der Waals surface area (Å²) in [4.78, 5) is 2.14. The number of benzene rings is 1. The Morgan fingerprint density at radius 2 is 1.86 bits per heavy atom. The molecule has 2 rings (SSSR count). The summed E-state index contributed by atoms with van der Waals surface area (Å²) >= 11 is 4.95. The SMILES string of the molecule is CC(C(N)=S)N1CCN(S(=O)(=O)c2ccccc2F)CC1. The van der Waals surface area contributed by atoms with Crippen molar-refractivity contribution in [2.75, 3.05) is 26.2 Å². The number of hydrogen-bond donors (Lipinski definition) is 1. The molecule has 1 heterocycles. The molecule has 0 aromatic heterocycles. The van der Waals surface area contributed by atoms with Gasteiger partial charge in [-0.2, -0.15) is 4.31 Å². The van der Waals surface area contributed by atoms with Crippen LogP contribution < -0.4 is 5.73 Å². The molecule has 116 valence electrons. The molecular weight excluding hydrogens is 313 g/mol. The minimum absolute atomic E-state index is 0.0710. The third-order valence-electron chi connectivity index (χ3n) is 3.69. The molecule has 21 heavy (non-hydrogen) atoms. The first kappa shape index (κ1) is 16.3. The van der Waals surface area contributed by atoms with E-state index in [1.165, 1.54) is 22.5 Å². The minimum atomic E-state index is -3.79. The van der Waals surface area contributed by atoms with Crippen LogP contribution in [0, 0.1) is 5.82 Å². The molecule has 0 aliphatic carbocycles. The van der Waals surface area contributed by atoms with Gasteiger partial charge in [0.15, 0.2) is 0 Å². The van der Waals surface area contributed by atoms with E-state index in [1.54, 1.807) is 0 Å². The summed E-state index contributed by atoms with van der Waals surface area (Å²) in [6.07, 6.45) is 0. The molecule has 1 atom stereocenters. The number of piperazine rings is 1. The van der Waals surface area contributed by atoms with E-state index in [-0.39, 0.29) is 10.9 Å². The first-order valence-corrected chi connectivity index (χ1v) is 8.47. The maximum atomic E-state index is 13.7. The quantitative estimate of drug-likeness (QED) is 0.827. The first-order valence-electron chi connectivity index (χ1n) is 6.62. The molecule has 1 aliphatic heterocycles. The maximum absolute atomic E-state index is 13.7. The van der Waals surface area contributed by atoms with Crippen LogP contribution >= 0.6 is 12.2 Å². The fourth-order valence-corrected chi connectivity index (χ4v) is 3.94. The summed E-state index contributed by atoms with van der Waals surface area (Å²) in [5, 5.41) is 0. The lowest BCUT2D eigenvalue weighted by atomic mass is 10.2. The Labute approximate surface area is 129 Å².